The summed E-state index contributed by atoms with van der Waals surface area (Å²) in [6.45, 7) is 3.44. The Morgan fingerprint density at radius 2 is 1.64 bits per heavy atom. The average molecular weight is 461 g/mol. The van der Waals surface area contributed by atoms with Gasteiger partial charge >= 0.3 is 29.6 Å². The number of carbonyl (C=O) groups is 1. The summed E-state index contributed by atoms with van der Waals surface area (Å²) >= 11 is 0. The smallest absolute Gasteiger partial charge is 0.542 e. The molecule has 1 aromatic heterocycles. The number of benzene rings is 2. The minimum atomic E-state index is -1.52. The van der Waals surface area contributed by atoms with E-state index in [0.717, 1.165) is 63.4 Å². The molecule has 0 aliphatic carbocycles. The van der Waals surface area contributed by atoms with Crippen LogP contribution >= 0.6 is 0 Å². The molecule has 0 N–H and O–H groups in total. The van der Waals surface area contributed by atoms with Crippen LogP contribution in [0.3, 0.4) is 0 Å². The summed E-state index contributed by atoms with van der Waals surface area (Å²) in [6.07, 6.45) is 7.32. The molecule has 7 heteroatoms. The Balaban J connectivity index is 0.00000385. The fourth-order valence-corrected chi connectivity index (χ4v) is 3.55. The van der Waals surface area contributed by atoms with Crippen LogP contribution in [0.5, 0.6) is 11.5 Å². The van der Waals surface area contributed by atoms with Crippen molar-refractivity contribution in [2.24, 2.45) is 0 Å². The molecular formula is C26H29NaO6. The maximum atomic E-state index is 11.9. The number of rotatable bonds is 13. The predicted octanol–water partition coefficient (Wildman–Crippen LogP) is 1.52. The molecule has 3 rings (SSSR count). The van der Waals surface area contributed by atoms with E-state index in [1.54, 1.807) is 12.1 Å². The number of aromatic carboxylic acids is 1. The summed E-state index contributed by atoms with van der Waals surface area (Å²) in [6, 6.07) is 14.0. The van der Waals surface area contributed by atoms with Gasteiger partial charge in [0.2, 0.25) is 0 Å². The molecule has 0 saturated heterocycles. The third-order valence-electron chi connectivity index (χ3n) is 5.21. The molecule has 6 nitrogen and oxygen atoms in total. The second kappa shape index (κ2) is 14.1. The van der Waals surface area contributed by atoms with Crippen LogP contribution in [0.15, 0.2) is 57.7 Å². The summed E-state index contributed by atoms with van der Waals surface area (Å²) < 4.78 is 16.9. The molecule has 0 aliphatic heterocycles. The topological polar surface area (TPSA) is 88.8 Å². The normalized spacial score (nSPS) is 10.6. The van der Waals surface area contributed by atoms with E-state index >= 15 is 0 Å². The largest absolute Gasteiger partial charge is 1.00 e. The van der Waals surface area contributed by atoms with E-state index < -0.39 is 17.2 Å². The van der Waals surface area contributed by atoms with E-state index in [1.165, 1.54) is 11.6 Å². The summed E-state index contributed by atoms with van der Waals surface area (Å²) in [5, 5.41) is 11.3. The van der Waals surface area contributed by atoms with Gasteiger partial charge in [0.25, 0.3) is 0 Å². The number of hydrogen-bond acceptors (Lipinski definition) is 6. The maximum Gasteiger partial charge on any atom is 1.00 e. The van der Waals surface area contributed by atoms with Gasteiger partial charge in [-0.3, -0.25) is 4.79 Å². The van der Waals surface area contributed by atoms with Gasteiger partial charge in [-0.1, -0.05) is 50.8 Å². The van der Waals surface area contributed by atoms with Crippen LogP contribution in [-0.2, 0) is 6.42 Å². The first-order valence-electron chi connectivity index (χ1n) is 11.2. The van der Waals surface area contributed by atoms with Crippen LogP contribution in [0, 0.1) is 0 Å². The van der Waals surface area contributed by atoms with E-state index in [2.05, 4.69) is 19.1 Å². The molecule has 2 aromatic carbocycles. The fraction of sp³-hybridized carbons (Fsp3) is 0.385. The maximum absolute atomic E-state index is 11.9. The second-order valence-electron chi connectivity index (χ2n) is 7.74. The number of carbonyl (C=O) groups excluding carboxylic acids is 1. The molecule has 170 valence electrons. The van der Waals surface area contributed by atoms with E-state index in [1.807, 2.05) is 12.1 Å². The summed E-state index contributed by atoms with van der Waals surface area (Å²) in [7, 11) is 0. The third kappa shape index (κ3) is 8.22. The van der Waals surface area contributed by atoms with Crippen LogP contribution in [0.4, 0.5) is 0 Å². The van der Waals surface area contributed by atoms with Crippen molar-refractivity contribution in [3.05, 3.63) is 70.1 Å². The number of para-hydroxylation sites is 1. The van der Waals surface area contributed by atoms with E-state index in [9.17, 15) is 14.7 Å². The van der Waals surface area contributed by atoms with E-state index in [0.29, 0.717) is 17.7 Å². The van der Waals surface area contributed by atoms with E-state index in [4.69, 9.17) is 13.9 Å². The van der Waals surface area contributed by atoms with Crippen molar-refractivity contribution in [3.8, 4) is 11.5 Å². The Bertz CT molecular complexity index is 1090. The SMILES string of the molecule is CCCc1ccccc1OCCCCCCCOc1ccc2c(=O)cc(C(=O)[O-])oc2c1.[Na+]. The molecular weight excluding hydrogens is 431 g/mol. The molecule has 0 atom stereocenters. The molecule has 0 amide bonds. The van der Waals surface area contributed by atoms with Crippen molar-refractivity contribution in [1.29, 1.82) is 0 Å². The van der Waals surface area contributed by atoms with E-state index in [-0.39, 0.29) is 35.1 Å². The van der Waals surface area contributed by atoms with Gasteiger partial charge in [0.1, 0.15) is 23.1 Å². The Morgan fingerprint density at radius 3 is 2.36 bits per heavy atom. The number of carboxylic acids is 1. The van der Waals surface area contributed by atoms with Crippen LogP contribution in [0.25, 0.3) is 11.0 Å². The molecule has 0 spiro atoms. The van der Waals surface area contributed by atoms with Gasteiger partial charge in [0.05, 0.1) is 18.6 Å². The van der Waals surface area contributed by atoms with Gasteiger partial charge in [-0.25, -0.2) is 0 Å². The first-order chi connectivity index (χ1) is 15.6. The van der Waals surface area contributed by atoms with Crippen molar-refractivity contribution in [3.63, 3.8) is 0 Å². The average Bonchev–Trinajstić information content (AvgIpc) is 2.79. The van der Waals surface area contributed by atoms with Crippen LogP contribution in [0.1, 0.15) is 61.6 Å². The van der Waals surface area contributed by atoms with Crippen LogP contribution in [0.2, 0.25) is 0 Å². The number of unbranched alkanes of at least 4 members (excludes halogenated alkanes) is 4. The third-order valence-corrected chi connectivity index (χ3v) is 5.21. The molecule has 0 fully saturated rings. The quantitative estimate of drug-likeness (QED) is 0.284. The minimum absolute atomic E-state index is 0. The Hall–Kier alpha value is -2.28. The summed E-state index contributed by atoms with van der Waals surface area (Å²) in [5.41, 5.74) is 1.03. The Morgan fingerprint density at radius 1 is 0.939 bits per heavy atom. The van der Waals surface area contributed by atoms with Crippen molar-refractivity contribution in [2.75, 3.05) is 13.2 Å². The molecule has 0 unspecified atom stereocenters. The molecule has 1 heterocycles. The molecule has 3 aromatic rings. The second-order valence-corrected chi connectivity index (χ2v) is 7.74. The summed E-state index contributed by atoms with van der Waals surface area (Å²) in [5.74, 6) is -0.473. The molecule has 0 bridgehead atoms. The van der Waals surface area contributed by atoms with Gasteiger partial charge < -0.3 is 23.8 Å². The Kier molecular flexibility index (Phi) is 11.5. The zero-order chi connectivity index (χ0) is 22.8. The zero-order valence-corrected chi connectivity index (χ0v) is 21.4. The van der Waals surface area contributed by atoms with Gasteiger partial charge in [0, 0.05) is 12.1 Å². The number of hydrogen-bond donors (Lipinski definition) is 0. The van der Waals surface area contributed by atoms with Gasteiger partial charge in [0.15, 0.2) is 11.2 Å². The molecule has 33 heavy (non-hydrogen) atoms. The predicted molar refractivity (Wildman–Crippen MR) is 121 cm³/mol. The molecule has 0 saturated carbocycles. The van der Waals surface area contributed by atoms with Crippen molar-refractivity contribution in [2.45, 2.75) is 51.9 Å². The number of aryl methyl sites for hydroxylation is 1. The first kappa shape index (κ1) is 27.0. The van der Waals surface area contributed by atoms with Gasteiger partial charge in [-0.15, -0.1) is 0 Å². The van der Waals surface area contributed by atoms with Crippen molar-refractivity contribution >= 4 is 16.9 Å². The Labute approximate surface area is 216 Å². The number of ether oxygens (including phenoxy) is 2. The minimum Gasteiger partial charge on any atom is -0.542 e. The summed E-state index contributed by atoms with van der Waals surface area (Å²) in [4.78, 5) is 22.9. The zero-order valence-electron chi connectivity index (χ0n) is 19.4. The van der Waals surface area contributed by atoms with Gasteiger partial charge in [-0.05, 0) is 43.0 Å². The van der Waals surface area contributed by atoms with Crippen molar-refractivity contribution < 1.29 is 53.3 Å². The fourth-order valence-electron chi connectivity index (χ4n) is 3.55. The molecule has 0 aliphatic rings. The first-order valence-corrected chi connectivity index (χ1v) is 11.2. The monoisotopic (exact) mass is 460 g/mol. The van der Waals surface area contributed by atoms with Crippen molar-refractivity contribution in [1.82, 2.24) is 0 Å². The van der Waals surface area contributed by atoms with Crippen LogP contribution < -0.4 is 49.6 Å². The standard InChI is InChI=1S/C26H30O6.Na/c1-2-10-19-11-6-7-12-23(19)31-16-9-5-3-4-8-15-30-20-13-14-21-22(27)18-25(26(28)29)32-24(21)17-20;/h6-7,11-14,17-18H,2-5,8-10,15-16H2,1H3,(H,28,29);/q;+1/p-1. The van der Waals surface area contributed by atoms with Gasteiger partial charge in [-0.2, -0.15) is 0 Å². The molecule has 0 radical (unpaired) electrons. The van der Waals surface area contributed by atoms with Crippen LogP contribution in [-0.4, -0.2) is 19.2 Å². The number of fused-ring (bicyclic) bond motifs is 1. The number of carboxylic acid groups (broad SMARTS) is 1.